The Morgan fingerprint density at radius 2 is 1.76 bits per heavy atom. The van der Waals surface area contributed by atoms with Gasteiger partial charge in [0.25, 0.3) is 5.69 Å². The number of hydrogen-bond donors (Lipinski definition) is 2. The Morgan fingerprint density at radius 3 is 2.30 bits per heavy atom. The third kappa shape index (κ3) is 9.71. The fourth-order valence-electron chi connectivity index (χ4n) is 3.69. The molecule has 2 aromatic rings. The average Bonchev–Trinajstić information content (AvgIpc) is 2.86. The molecular formula is C25H37BN3O7S. The summed E-state index contributed by atoms with van der Waals surface area (Å²) in [5, 5.41) is 22.1. The zero-order valence-corrected chi connectivity index (χ0v) is 22.5. The minimum atomic E-state index is -4.02. The lowest BCUT2D eigenvalue weighted by molar-refractivity contribution is -0.384. The van der Waals surface area contributed by atoms with E-state index in [2.05, 4.69) is 6.92 Å². The van der Waals surface area contributed by atoms with Gasteiger partial charge in [-0.3, -0.25) is 10.1 Å². The number of unbranched alkanes of at least 4 members (excludes halogenated alkanes) is 1. The summed E-state index contributed by atoms with van der Waals surface area (Å²) >= 11 is 0. The van der Waals surface area contributed by atoms with Gasteiger partial charge in [0, 0.05) is 25.2 Å². The molecule has 3 N–H and O–H groups in total. The molecule has 1 unspecified atom stereocenters. The van der Waals surface area contributed by atoms with Crippen molar-refractivity contribution in [3.05, 3.63) is 64.2 Å². The Labute approximate surface area is 220 Å². The number of nitrogens with zero attached hydrogens (tertiary/aromatic N) is 2. The highest BCUT2D eigenvalue weighted by Gasteiger charge is 2.31. The molecule has 0 fully saturated rings. The van der Waals surface area contributed by atoms with E-state index in [1.54, 1.807) is 0 Å². The van der Waals surface area contributed by atoms with Gasteiger partial charge in [-0.05, 0) is 54.4 Å². The van der Waals surface area contributed by atoms with Crippen LogP contribution in [0.4, 0.5) is 5.69 Å². The van der Waals surface area contributed by atoms with Gasteiger partial charge in [-0.1, -0.05) is 39.3 Å². The maximum absolute atomic E-state index is 13.4. The molecule has 0 aliphatic rings. The minimum Gasteiger partial charge on any atom is -0.494 e. The van der Waals surface area contributed by atoms with E-state index in [4.69, 9.17) is 15.1 Å². The van der Waals surface area contributed by atoms with Gasteiger partial charge in [-0.25, -0.2) is 8.42 Å². The Morgan fingerprint density at radius 1 is 1.11 bits per heavy atom. The summed E-state index contributed by atoms with van der Waals surface area (Å²) < 4.78 is 39.0. The number of benzene rings is 2. The number of sulfonamides is 1. The molecule has 0 spiro atoms. The normalized spacial score (nSPS) is 13.5. The Bertz CT molecular complexity index is 1070. The van der Waals surface area contributed by atoms with Crippen LogP contribution in [0.3, 0.4) is 0 Å². The van der Waals surface area contributed by atoms with Crippen molar-refractivity contribution in [1.82, 2.24) is 4.31 Å². The first kappa shape index (κ1) is 30.7. The molecule has 0 saturated carbocycles. The molecule has 0 amide bonds. The predicted molar refractivity (Wildman–Crippen MR) is 143 cm³/mol. The Hall–Kier alpha value is -2.51. The van der Waals surface area contributed by atoms with Crippen LogP contribution in [0, 0.1) is 16.0 Å². The summed E-state index contributed by atoms with van der Waals surface area (Å²) in [6.07, 6.45) is 1.31. The van der Waals surface area contributed by atoms with E-state index < -0.39 is 26.9 Å². The fraction of sp³-hybridized carbons (Fsp3) is 0.520. The molecule has 203 valence electrons. The fourth-order valence-corrected chi connectivity index (χ4v) is 5.31. The van der Waals surface area contributed by atoms with Crippen LogP contribution in [-0.4, -0.2) is 62.8 Å². The van der Waals surface area contributed by atoms with Gasteiger partial charge in [0.05, 0.1) is 29.3 Å². The van der Waals surface area contributed by atoms with Crippen LogP contribution >= 0.6 is 0 Å². The lowest BCUT2D eigenvalue weighted by Gasteiger charge is -2.29. The van der Waals surface area contributed by atoms with E-state index in [-0.39, 0.29) is 36.3 Å². The Balaban J connectivity index is 2.20. The number of nitro groups is 1. The molecule has 0 saturated heterocycles. The number of rotatable bonds is 17. The number of ether oxygens (including phenoxy) is 1. The van der Waals surface area contributed by atoms with Gasteiger partial charge in [0.15, 0.2) is 0 Å². The standard InChI is InChI=1S/C25H37BN3O7S/c1-4-5-14-35-22-10-6-20(7-11-22)15-24(26-36-18-27)25(30)17-28(16-19(2)3)37(33,34)23-12-8-21(9-13-23)29(31)32/h6-13,19,24-25,30H,4-5,14-18,27H2,1-3H3/t24-,25?/m0/s1. The van der Waals surface area contributed by atoms with E-state index in [0.29, 0.717) is 13.0 Å². The zero-order chi connectivity index (χ0) is 27.4. The summed E-state index contributed by atoms with van der Waals surface area (Å²) in [5.74, 6) is 0.189. The van der Waals surface area contributed by atoms with Crippen molar-refractivity contribution in [2.24, 2.45) is 11.7 Å². The second kappa shape index (κ2) is 15.0. The minimum absolute atomic E-state index is 0.0250. The van der Waals surface area contributed by atoms with Crippen LogP contribution in [-0.2, 0) is 21.1 Å². The smallest absolute Gasteiger partial charge is 0.300 e. The van der Waals surface area contributed by atoms with Gasteiger partial charge in [0.2, 0.25) is 10.0 Å². The molecule has 0 aromatic heterocycles. The average molecular weight is 534 g/mol. The molecule has 0 aliphatic carbocycles. The summed E-state index contributed by atoms with van der Waals surface area (Å²) in [7, 11) is -2.58. The quantitative estimate of drug-likeness (QED) is 0.103. The second-order valence-corrected chi connectivity index (χ2v) is 11.2. The van der Waals surface area contributed by atoms with Crippen molar-refractivity contribution in [2.45, 2.75) is 56.9 Å². The topological polar surface area (TPSA) is 145 Å². The molecule has 2 aromatic carbocycles. The first-order valence-electron chi connectivity index (χ1n) is 12.4. The number of aliphatic hydroxyl groups excluding tert-OH is 1. The van der Waals surface area contributed by atoms with Crippen molar-refractivity contribution in [2.75, 3.05) is 26.4 Å². The van der Waals surface area contributed by atoms with Gasteiger partial charge >= 0.3 is 7.48 Å². The van der Waals surface area contributed by atoms with Crippen molar-refractivity contribution >= 4 is 23.2 Å². The molecule has 0 bridgehead atoms. The first-order valence-corrected chi connectivity index (χ1v) is 13.8. The van der Waals surface area contributed by atoms with E-state index in [1.807, 2.05) is 38.1 Å². The van der Waals surface area contributed by atoms with E-state index >= 15 is 0 Å². The summed E-state index contributed by atoms with van der Waals surface area (Å²) in [6, 6.07) is 12.2. The van der Waals surface area contributed by atoms with Gasteiger partial charge < -0.3 is 20.2 Å². The van der Waals surface area contributed by atoms with Gasteiger partial charge in [-0.2, -0.15) is 4.31 Å². The van der Waals surface area contributed by atoms with Crippen LogP contribution in [0.25, 0.3) is 0 Å². The molecule has 1 radical (unpaired) electrons. The van der Waals surface area contributed by atoms with E-state index in [1.165, 1.54) is 23.9 Å². The van der Waals surface area contributed by atoms with Crippen LogP contribution in [0.5, 0.6) is 5.75 Å². The highest BCUT2D eigenvalue weighted by Crippen LogP contribution is 2.25. The van der Waals surface area contributed by atoms with Crippen LogP contribution in [0.1, 0.15) is 39.2 Å². The molecule has 37 heavy (non-hydrogen) atoms. The van der Waals surface area contributed by atoms with Crippen molar-refractivity contribution in [3.63, 3.8) is 0 Å². The van der Waals surface area contributed by atoms with Crippen molar-refractivity contribution in [1.29, 1.82) is 0 Å². The highest BCUT2D eigenvalue weighted by atomic mass is 32.2. The molecule has 12 heteroatoms. The molecule has 10 nitrogen and oxygen atoms in total. The summed E-state index contributed by atoms with van der Waals surface area (Å²) in [6.45, 7) is 6.37. The first-order chi connectivity index (χ1) is 17.6. The third-order valence-electron chi connectivity index (χ3n) is 5.67. The lowest BCUT2D eigenvalue weighted by atomic mass is 9.72. The van der Waals surface area contributed by atoms with Crippen LogP contribution < -0.4 is 10.5 Å². The number of nitrogens with two attached hydrogens (primary N) is 1. The van der Waals surface area contributed by atoms with E-state index in [0.717, 1.165) is 36.3 Å². The monoisotopic (exact) mass is 534 g/mol. The highest BCUT2D eigenvalue weighted by molar-refractivity contribution is 7.89. The van der Waals surface area contributed by atoms with Crippen LogP contribution in [0.15, 0.2) is 53.4 Å². The Kier molecular flexibility index (Phi) is 12.5. The molecule has 0 aliphatic heterocycles. The largest absolute Gasteiger partial charge is 0.494 e. The summed E-state index contributed by atoms with van der Waals surface area (Å²) in [4.78, 5) is 10.3. The number of aliphatic hydroxyl groups is 1. The number of nitro benzene ring substituents is 1. The van der Waals surface area contributed by atoms with Crippen molar-refractivity contribution < 1.29 is 27.8 Å². The SMILES string of the molecule is CCCCOc1ccc(C[C@H]([B]OCN)C(O)CN(CC(C)C)S(=O)(=O)c2ccc([N+](=O)[O-])cc2)cc1. The van der Waals surface area contributed by atoms with Gasteiger partial charge in [0.1, 0.15) is 5.75 Å². The van der Waals surface area contributed by atoms with Crippen LogP contribution in [0.2, 0.25) is 5.82 Å². The second-order valence-electron chi connectivity index (χ2n) is 9.22. The zero-order valence-electron chi connectivity index (χ0n) is 21.7. The van der Waals surface area contributed by atoms with Gasteiger partial charge in [-0.15, -0.1) is 0 Å². The predicted octanol–water partition coefficient (Wildman–Crippen LogP) is 3.36. The van der Waals surface area contributed by atoms with E-state index in [9.17, 15) is 23.6 Å². The van der Waals surface area contributed by atoms with Crippen molar-refractivity contribution in [3.8, 4) is 5.75 Å². The number of non-ortho nitro benzene ring substituents is 1. The third-order valence-corrected chi connectivity index (χ3v) is 7.51. The molecule has 2 atom stereocenters. The molecule has 2 rings (SSSR count). The summed E-state index contributed by atoms with van der Waals surface area (Å²) in [5.41, 5.74) is 6.20. The lowest BCUT2D eigenvalue weighted by Crippen LogP contribution is -2.42. The maximum atomic E-state index is 13.4. The molecular weight excluding hydrogens is 497 g/mol. The maximum Gasteiger partial charge on any atom is 0.300 e. The number of hydrogen-bond acceptors (Lipinski definition) is 8. The molecule has 0 heterocycles.